The van der Waals surface area contributed by atoms with Crippen molar-refractivity contribution >= 4 is 17.2 Å². The summed E-state index contributed by atoms with van der Waals surface area (Å²) in [4.78, 5) is 20.2. The minimum absolute atomic E-state index is 0.214. The number of ether oxygens (including phenoxy) is 1. The summed E-state index contributed by atoms with van der Waals surface area (Å²) < 4.78 is 5.71. The molecule has 0 aliphatic carbocycles. The number of hydrogen-bond acceptors (Lipinski definition) is 5. The number of carbonyl (C=O) groups excluding carboxylic acids is 1. The van der Waals surface area contributed by atoms with Crippen LogP contribution < -0.4 is 0 Å². The normalized spacial score (nSPS) is 23.3. The molecule has 6 heteroatoms. The molecule has 0 saturated carbocycles. The summed E-state index contributed by atoms with van der Waals surface area (Å²) >= 11 is 1.70. The zero-order chi connectivity index (χ0) is 16.1. The molecule has 23 heavy (non-hydrogen) atoms. The van der Waals surface area contributed by atoms with E-state index in [0.29, 0.717) is 12.6 Å². The number of carbonyl (C=O) groups is 1. The molecule has 2 saturated heterocycles. The van der Waals surface area contributed by atoms with Crippen molar-refractivity contribution in [1.29, 1.82) is 0 Å². The molecule has 0 spiro atoms. The predicted molar refractivity (Wildman–Crippen MR) is 92.6 cm³/mol. The van der Waals surface area contributed by atoms with E-state index in [0.717, 1.165) is 45.9 Å². The van der Waals surface area contributed by atoms with Gasteiger partial charge in [-0.15, -0.1) is 11.3 Å². The lowest BCUT2D eigenvalue weighted by atomic mass is 10.2. The largest absolute Gasteiger partial charge is 0.377 e. The monoisotopic (exact) mass is 337 g/mol. The van der Waals surface area contributed by atoms with Gasteiger partial charge in [0.2, 0.25) is 5.91 Å². The number of piperazine rings is 1. The van der Waals surface area contributed by atoms with E-state index in [9.17, 15) is 4.79 Å². The highest BCUT2D eigenvalue weighted by Crippen LogP contribution is 2.15. The van der Waals surface area contributed by atoms with Crippen LogP contribution in [0.4, 0.5) is 0 Å². The molecule has 1 atom stereocenters. The number of nitrogens with zero attached hydrogens (tertiary/aromatic N) is 3. The Morgan fingerprint density at radius 2 is 2.13 bits per heavy atom. The minimum atomic E-state index is 0.214. The van der Waals surface area contributed by atoms with Crippen LogP contribution in [0.1, 0.15) is 17.7 Å². The first kappa shape index (κ1) is 16.9. The highest BCUT2D eigenvalue weighted by atomic mass is 32.1. The van der Waals surface area contributed by atoms with Crippen LogP contribution in [-0.2, 0) is 16.1 Å². The van der Waals surface area contributed by atoms with Crippen LogP contribution in [0.15, 0.2) is 17.5 Å². The molecule has 2 aliphatic heterocycles. The van der Waals surface area contributed by atoms with E-state index in [1.54, 1.807) is 11.3 Å². The molecule has 5 nitrogen and oxygen atoms in total. The molecule has 1 unspecified atom stereocenters. The predicted octanol–water partition coefficient (Wildman–Crippen LogP) is 1.50. The Kier molecular flexibility index (Phi) is 6.05. The number of likely N-dealkylation sites (N-methyl/N-ethyl adjacent to an activating group) is 1. The van der Waals surface area contributed by atoms with Gasteiger partial charge in [0, 0.05) is 51.3 Å². The molecule has 1 amide bonds. The number of hydrogen-bond donors (Lipinski definition) is 0. The Hall–Kier alpha value is -0.950. The standard InChI is InChI=1S/C17H27N3O2S/c1-18(13-16-5-3-11-23-16)17(21)14-20-8-6-19(7-9-20)12-15-4-2-10-22-15/h3,5,11,15H,2,4,6-10,12-14H2,1H3. The van der Waals surface area contributed by atoms with Crippen LogP contribution in [0.25, 0.3) is 0 Å². The molecule has 3 rings (SSSR count). The fourth-order valence-electron chi connectivity index (χ4n) is 3.24. The minimum Gasteiger partial charge on any atom is -0.377 e. The second-order valence-corrected chi connectivity index (χ2v) is 7.57. The number of amides is 1. The smallest absolute Gasteiger partial charge is 0.236 e. The van der Waals surface area contributed by atoms with Crippen LogP contribution in [0.3, 0.4) is 0 Å². The summed E-state index contributed by atoms with van der Waals surface area (Å²) in [6.45, 7) is 7.28. The van der Waals surface area contributed by atoms with E-state index in [1.807, 2.05) is 18.0 Å². The first-order valence-corrected chi connectivity index (χ1v) is 9.41. The van der Waals surface area contributed by atoms with Gasteiger partial charge >= 0.3 is 0 Å². The van der Waals surface area contributed by atoms with E-state index in [2.05, 4.69) is 21.2 Å². The molecular formula is C17H27N3O2S. The van der Waals surface area contributed by atoms with Crippen molar-refractivity contribution in [3.63, 3.8) is 0 Å². The van der Waals surface area contributed by atoms with Gasteiger partial charge in [0.25, 0.3) is 0 Å². The van der Waals surface area contributed by atoms with E-state index in [1.165, 1.54) is 17.7 Å². The molecule has 0 aromatic carbocycles. The van der Waals surface area contributed by atoms with Crippen molar-refractivity contribution in [3.8, 4) is 0 Å². The third-order valence-electron chi connectivity index (χ3n) is 4.71. The summed E-state index contributed by atoms with van der Waals surface area (Å²) in [6, 6.07) is 4.11. The van der Waals surface area contributed by atoms with Crippen molar-refractivity contribution in [3.05, 3.63) is 22.4 Å². The van der Waals surface area contributed by atoms with Gasteiger partial charge in [-0.1, -0.05) is 6.07 Å². The van der Waals surface area contributed by atoms with Gasteiger partial charge in [-0.25, -0.2) is 0 Å². The Balaban J connectivity index is 1.36. The summed E-state index contributed by atoms with van der Waals surface area (Å²) in [5.74, 6) is 0.214. The van der Waals surface area contributed by atoms with Gasteiger partial charge in [-0.2, -0.15) is 0 Å². The van der Waals surface area contributed by atoms with Crippen molar-refractivity contribution in [2.24, 2.45) is 0 Å². The zero-order valence-electron chi connectivity index (χ0n) is 13.9. The number of rotatable bonds is 6. The van der Waals surface area contributed by atoms with Crippen LogP contribution in [0, 0.1) is 0 Å². The van der Waals surface area contributed by atoms with Gasteiger partial charge in [-0.05, 0) is 24.3 Å². The van der Waals surface area contributed by atoms with Gasteiger partial charge in [0.05, 0.1) is 19.2 Å². The lowest BCUT2D eigenvalue weighted by Gasteiger charge is -2.35. The van der Waals surface area contributed by atoms with Gasteiger partial charge < -0.3 is 9.64 Å². The Bertz CT molecular complexity index is 480. The van der Waals surface area contributed by atoms with Crippen molar-refractivity contribution in [1.82, 2.24) is 14.7 Å². The molecule has 2 fully saturated rings. The van der Waals surface area contributed by atoms with E-state index in [4.69, 9.17) is 4.74 Å². The topological polar surface area (TPSA) is 36.0 Å². The van der Waals surface area contributed by atoms with Gasteiger partial charge in [-0.3, -0.25) is 14.6 Å². The first-order chi connectivity index (χ1) is 11.2. The molecule has 0 bridgehead atoms. The maximum atomic E-state index is 12.4. The van der Waals surface area contributed by atoms with Crippen LogP contribution in [0.5, 0.6) is 0 Å². The average molecular weight is 337 g/mol. The SMILES string of the molecule is CN(Cc1cccs1)C(=O)CN1CCN(CC2CCCO2)CC1. The van der Waals surface area contributed by atoms with Crippen LogP contribution in [0.2, 0.25) is 0 Å². The van der Waals surface area contributed by atoms with E-state index >= 15 is 0 Å². The quantitative estimate of drug-likeness (QED) is 0.788. The summed E-state index contributed by atoms with van der Waals surface area (Å²) in [5, 5.41) is 2.06. The molecule has 128 valence electrons. The van der Waals surface area contributed by atoms with Gasteiger partial charge in [0.1, 0.15) is 0 Å². The molecule has 1 aromatic heterocycles. The molecule has 0 N–H and O–H groups in total. The summed E-state index contributed by atoms with van der Waals surface area (Å²) in [7, 11) is 1.90. The van der Waals surface area contributed by atoms with Gasteiger partial charge in [0.15, 0.2) is 0 Å². The molecule has 3 heterocycles. The Labute approximate surface area is 142 Å². The fourth-order valence-corrected chi connectivity index (χ4v) is 4.00. The fraction of sp³-hybridized carbons (Fsp3) is 0.706. The van der Waals surface area contributed by atoms with Crippen molar-refractivity contribution in [2.45, 2.75) is 25.5 Å². The van der Waals surface area contributed by atoms with Crippen LogP contribution >= 0.6 is 11.3 Å². The van der Waals surface area contributed by atoms with E-state index in [-0.39, 0.29) is 5.91 Å². The number of thiophene rings is 1. The molecule has 0 radical (unpaired) electrons. The maximum absolute atomic E-state index is 12.4. The second kappa shape index (κ2) is 8.24. The zero-order valence-corrected chi connectivity index (χ0v) is 14.8. The lowest BCUT2D eigenvalue weighted by molar-refractivity contribution is -0.132. The van der Waals surface area contributed by atoms with E-state index < -0.39 is 0 Å². The van der Waals surface area contributed by atoms with Crippen molar-refractivity contribution < 1.29 is 9.53 Å². The summed E-state index contributed by atoms with van der Waals surface area (Å²) in [6.07, 6.45) is 2.84. The molecule has 1 aromatic rings. The maximum Gasteiger partial charge on any atom is 0.236 e. The Morgan fingerprint density at radius 3 is 2.78 bits per heavy atom. The third kappa shape index (κ3) is 5.01. The average Bonchev–Trinajstić information content (AvgIpc) is 3.23. The highest BCUT2D eigenvalue weighted by molar-refractivity contribution is 7.09. The van der Waals surface area contributed by atoms with Crippen molar-refractivity contribution in [2.75, 3.05) is 52.9 Å². The Morgan fingerprint density at radius 1 is 1.35 bits per heavy atom. The molecular weight excluding hydrogens is 310 g/mol. The summed E-state index contributed by atoms with van der Waals surface area (Å²) in [5.41, 5.74) is 0. The lowest BCUT2D eigenvalue weighted by Crippen LogP contribution is -2.50. The second-order valence-electron chi connectivity index (χ2n) is 6.54. The van der Waals surface area contributed by atoms with Crippen LogP contribution in [-0.4, -0.2) is 79.6 Å². The third-order valence-corrected chi connectivity index (χ3v) is 5.57. The first-order valence-electron chi connectivity index (χ1n) is 8.53. The highest BCUT2D eigenvalue weighted by Gasteiger charge is 2.24. The molecule has 2 aliphatic rings.